The van der Waals surface area contributed by atoms with E-state index in [4.69, 9.17) is 0 Å². The topological polar surface area (TPSA) is 32.3 Å². The van der Waals surface area contributed by atoms with E-state index < -0.39 is 0 Å². The molecule has 2 aliphatic rings. The quantitative estimate of drug-likeness (QED) is 0.805. The zero-order valence-electron chi connectivity index (χ0n) is 12.5. The van der Waals surface area contributed by atoms with Crippen molar-refractivity contribution in [3.05, 3.63) is 0 Å². The summed E-state index contributed by atoms with van der Waals surface area (Å²) in [6, 6.07) is 0.496. The number of nitrogens with zero attached hydrogens (tertiary/aromatic N) is 1. The van der Waals surface area contributed by atoms with Crippen molar-refractivity contribution in [3.63, 3.8) is 0 Å². The van der Waals surface area contributed by atoms with Crippen LogP contribution in [0.2, 0.25) is 0 Å². The molecule has 4 heteroatoms. The second kappa shape index (κ2) is 7.49. The van der Waals surface area contributed by atoms with E-state index in [1.807, 2.05) is 0 Å². The Labute approximate surface area is 123 Å². The number of piperidine rings is 1. The van der Waals surface area contributed by atoms with Gasteiger partial charge in [0.2, 0.25) is 5.91 Å². The summed E-state index contributed by atoms with van der Waals surface area (Å²) in [7, 11) is 0. The van der Waals surface area contributed by atoms with Crippen molar-refractivity contribution < 1.29 is 4.79 Å². The van der Waals surface area contributed by atoms with E-state index in [-0.39, 0.29) is 18.3 Å². The smallest absolute Gasteiger partial charge is 0.225 e. The molecule has 0 saturated carbocycles. The number of nitrogens with one attached hydrogen (secondary N) is 1. The summed E-state index contributed by atoms with van der Waals surface area (Å²) < 4.78 is 0. The van der Waals surface area contributed by atoms with Crippen molar-refractivity contribution in [3.8, 4) is 0 Å². The molecule has 2 aliphatic heterocycles. The molecule has 0 aromatic rings. The van der Waals surface area contributed by atoms with E-state index >= 15 is 0 Å². The summed E-state index contributed by atoms with van der Waals surface area (Å²) in [5.74, 6) is 2.11. The Morgan fingerprint density at radius 1 is 1.11 bits per heavy atom. The highest BCUT2D eigenvalue weighted by molar-refractivity contribution is 5.85. The van der Waals surface area contributed by atoms with E-state index in [9.17, 15) is 4.79 Å². The van der Waals surface area contributed by atoms with E-state index in [0.717, 1.165) is 38.4 Å². The lowest BCUT2D eigenvalue weighted by atomic mass is 9.91. The van der Waals surface area contributed by atoms with Gasteiger partial charge in [-0.1, -0.05) is 13.8 Å². The highest BCUT2D eigenvalue weighted by Gasteiger charge is 2.30. The molecule has 2 rings (SSSR count). The first-order chi connectivity index (χ1) is 8.56. The Kier molecular flexibility index (Phi) is 6.61. The Bertz CT molecular complexity index is 298. The van der Waals surface area contributed by atoms with Crippen molar-refractivity contribution in [2.24, 2.45) is 17.8 Å². The minimum atomic E-state index is 0. The van der Waals surface area contributed by atoms with Crippen LogP contribution in [-0.2, 0) is 4.79 Å². The molecule has 1 amide bonds. The third-order valence-corrected chi connectivity index (χ3v) is 4.51. The molecule has 0 spiro atoms. The molecule has 112 valence electrons. The molecule has 2 heterocycles. The van der Waals surface area contributed by atoms with Gasteiger partial charge in [-0.2, -0.15) is 0 Å². The lowest BCUT2D eigenvalue weighted by molar-refractivity contribution is -0.137. The fourth-order valence-electron chi connectivity index (χ4n) is 3.54. The van der Waals surface area contributed by atoms with Gasteiger partial charge in [0.25, 0.3) is 0 Å². The molecule has 1 N–H and O–H groups in total. The van der Waals surface area contributed by atoms with Crippen LogP contribution >= 0.6 is 12.4 Å². The van der Waals surface area contributed by atoms with Crippen LogP contribution in [0.1, 0.15) is 46.5 Å². The molecular formula is C15H29ClN2O. The zero-order valence-corrected chi connectivity index (χ0v) is 13.3. The zero-order chi connectivity index (χ0) is 13.1. The second-order valence-corrected chi connectivity index (χ2v) is 6.60. The van der Waals surface area contributed by atoms with Gasteiger partial charge in [-0.25, -0.2) is 0 Å². The summed E-state index contributed by atoms with van der Waals surface area (Å²) in [5.41, 5.74) is 0. The van der Waals surface area contributed by atoms with Crippen LogP contribution in [0.25, 0.3) is 0 Å². The number of halogens is 1. The van der Waals surface area contributed by atoms with Gasteiger partial charge in [0.15, 0.2) is 0 Å². The van der Waals surface area contributed by atoms with Crippen LogP contribution in [0.15, 0.2) is 0 Å². The Balaban J connectivity index is 0.00000180. The molecule has 2 saturated heterocycles. The van der Waals surface area contributed by atoms with Crippen molar-refractivity contribution in [1.82, 2.24) is 10.2 Å². The SMILES string of the molecule is CC1CCN(C(=O)[C@H]2CCN[C@@H](C)C2)CC(C)C1.Cl. The highest BCUT2D eigenvalue weighted by Crippen LogP contribution is 2.25. The minimum Gasteiger partial charge on any atom is -0.342 e. The first kappa shape index (κ1) is 16.8. The molecule has 0 aliphatic carbocycles. The van der Waals surface area contributed by atoms with Crippen molar-refractivity contribution in [2.75, 3.05) is 19.6 Å². The fourth-order valence-corrected chi connectivity index (χ4v) is 3.54. The summed E-state index contributed by atoms with van der Waals surface area (Å²) in [6.45, 7) is 9.73. The van der Waals surface area contributed by atoms with Gasteiger partial charge in [-0.3, -0.25) is 4.79 Å². The molecule has 2 unspecified atom stereocenters. The first-order valence-corrected chi connectivity index (χ1v) is 7.58. The molecule has 0 radical (unpaired) electrons. The average Bonchev–Trinajstić information content (AvgIpc) is 2.49. The third kappa shape index (κ3) is 4.64. The van der Waals surface area contributed by atoms with Gasteiger partial charge in [-0.15, -0.1) is 12.4 Å². The number of carbonyl (C=O) groups excluding carboxylic acids is 1. The lowest BCUT2D eigenvalue weighted by Gasteiger charge is -2.32. The Hall–Kier alpha value is -0.280. The number of likely N-dealkylation sites (tertiary alicyclic amines) is 1. The Morgan fingerprint density at radius 3 is 2.53 bits per heavy atom. The molecule has 4 atom stereocenters. The van der Waals surface area contributed by atoms with Gasteiger partial charge in [0, 0.05) is 25.0 Å². The maximum absolute atomic E-state index is 12.6. The average molecular weight is 289 g/mol. The van der Waals surface area contributed by atoms with Gasteiger partial charge < -0.3 is 10.2 Å². The minimum absolute atomic E-state index is 0. The maximum Gasteiger partial charge on any atom is 0.225 e. The summed E-state index contributed by atoms with van der Waals surface area (Å²) in [4.78, 5) is 14.8. The van der Waals surface area contributed by atoms with Crippen molar-refractivity contribution in [2.45, 2.75) is 52.5 Å². The van der Waals surface area contributed by atoms with E-state index in [1.165, 1.54) is 12.8 Å². The largest absolute Gasteiger partial charge is 0.342 e. The molecule has 0 aromatic heterocycles. The number of hydrogen-bond donors (Lipinski definition) is 1. The van der Waals surface area contributed by atoms with Gasteiger partial charge >= 0.3 is 0 Å². The lowest BCUT2D eigenvalue weighted by Crippen LogP contribution is -2.45. The van der Waals surface area contributed by atoms with Crippen LogP contribution in [0.5, 0.6) is 0 Å². The van der Waals surface area contributed by atoms with Crippen molar-refractivity contribution >= 4 is 18.3 Å². The Morgan fingerprint density at radius 2 is 1.84 bits per heavy atom. The fraction of sp³-hybridized carbons (Fsp3) is 0.933. The van der Waals surface area contributed by atoms with Gasteiger partial charge in [-0.05, 0) is 51.0 Å². The molecule has 19 heavy (non-hydrogen) atoms. The molecule has 2 fully saturated rings. The second-order valence-electron chi connectivity index (χ2n) is 6.60. The van der Waals surface area contributed by atoms with Crippen molar-refractivity contribution in [1.29, 1.82) is 0 Å². The van der Waals surface area contributed by atoms with Crippen LogP contribution in [0.4, 0.5) is 0 Å². The summed E-state index contributed by atoms with van der Waals surface area (Å²) in [6.07, 6.45) is 4.48. The number of rotatable bonds is 1. The van der Waals surface area contributed by atoms with E-state index in [2.05, 4.69) is 31.0 Å². The predicted octanol–water partition coefficient (Wildman–Crippen LogP) is 2.69. The summed E-state index contributed by atoms with van der Waals surface area (Å²) in [5, 5.41) is 3.43. The van der Waals surface area contributed by atoms with Crippen LogP contribution in [-0.4, -0.2) is 36.5 Å². The maximum atomic E-state index is 12.6. The third-order valence-electron chi connectivity index (χ3n) is 4.51. The van der Waals surface area contributed by atoms with Gasteiger partial charge in [0.05, 0.1) is 0 Å². The molecular weight excluding hydrogens is 260 g/mol. The van der Waals surface area contributed by atoms with E-state index in [0.29, 0.717) is 17.9 Å². The van der Waals surface area contributed by atoms with Crippen LogP contribution in [0.3, 0.4) is 0 Å². The van der Waals surface area contributed by atoms with E-state index in [1.54, 1.807) is 0 Å². The normalized spacial score (nSPS) is 36.3. The van der Waals surface area contributed by atoms with Crippen LogP contribution < -0.4 is 5.32 Å². The molecule has 3 nitrogen and oxygen atoms in total. The van der Waals surface area contributed by atoms with Gasteiger partial charge in [0.1, 0.15) is 0 Å². The number of amides is 1. The first-order valence-electron chi connectivity index (χ1n) is 7.58. The van der Waals surface area contributed by atoms with Crippen LogP contribution in [0, 0.1) is 17.8 Å². The monoisotopic (exact) mass is 288 g/mol. The predicted molar refractivity (Wildman–Crippen MR) is 81.6 cm³/mol. The molecule has 0 bridgehead atoms. The highest BCUT2D eigenvalue weighted by atomic mass is 35.5. The number of hydrogen-bond acceptors (Lipinski definition) is 2. The number of carbonyl (C=O) groups is 1. The summed E-state index contributed by atoms with van der Waals surface area (Å²) >= 11 is 0. The molecule has 0 aromatic carbocycles. The standard InChI is InChI=1S/C15H28N2O.ClH/c1-11-5-7-17(10-12(2)8-11)15(18)14-4-6-16-13(3)9-14;/h11-14,16H,4-10H2,1-3H3;1H/t11?,12?,13-,14-;/m0./s1.